The monoisotopic (exact) mass is 328 g/mol. The molecule has 0 saturated carbocycles. The maximum absolute atomic E-state index is 12.2. The number of halogens is 1. The fourth-order valence-electron chi connectivity index (χ4n) is 2.08. The summed E-state index contributed by atoms with van der Waals surface area (Å²) in [5.74, 6) is 0.0410. The summed E-state index contributed by atoms with van der Waals surface area (Å²) >= 11 is 5.65. The summed E-state index contributed by atoms with van der Waals surface area (Å²) in [6.45, 7) is 2.45. The van der Waals surface area contributed by atoms with Crippen LogP contribution in [0.3, 0.4) is 0 Å². The van der Waals surface area contributed by atoms with Crippen LogP contribution in [-0.4, -0.2) is 21.6 Å². The molecule has 0 aliphatic carbocycles. The van der Waals surface area contributed by atoms with E-state index in [0.717, 1.165) is 5.56 Å². The van der Waals surface area contributed by atoms with E-state index in [2.05, 4.69) is 10.4 Å². The lowest BCUT2D eigenvalue weighted by Gasteiger charge is -2.13. The first-order valence-electron chi connectivity index (χ1n) is 7.20. The van der Waals surface area contributed by atoms with Crippen LogP contribution in [0.4, 0.5) is 0 Å². The lowest BCUT2D eigenvalue weighted by molar-refractivity contribution is -0.117. The summed E-state index contributed by atoms with van der Waals surface area (Å²) in [5, 5.41) is 16.2. The second-order valence-corrected chi connectivity index (χ2v) is 5.38. The van der Waals surface area contributed by atoms with Crippen molar-refractivity contribution in [1.29, 1.82) is 5.26 Å². The Morgan fingerprint density at radius 3 is 2.87 bits per heavy atom. The molecule has 1 heterocycles. The minimum atomic E-state index is -0.408. The molecular weight excluding hydrogens is 312 g/mol. The number of nitrogens with one attached hydrogen (secondary N) is 1. The quantitative estimate of drug-likeness (QED) is 0.503. The van der Waals surface area contributed by atoms with Crippen LogP contribution < -0.4 is 5.32 Å². The number of nitriles is 1. The van der Waals surface area contributed by atoms with Crippen LogP contribution in [0.5, 0.6) is 0 Å². The molecule has 1 aromatic carbocycles. The van der Waals surface area contributed by atoms with E-state index < -0.39 is 5.91 Å². The van der Waals surface area contributed by atoms with E-state index in [1.807, 2.05) is 43.3 Å². The van der Waals surface area contributed by atoms with Crippen molar-refractivity contribution in [3.63, 3.8) is 0 Å². The van der Waals surface area contributed by atoms with Gasteiger partial charge in [0.05, 0.1) is 18.8 Å². The van der Waals surface area contributed by atoms with Crippen LogP contribution >= 0.6 is 11.6 Å². The Morgan fingerprint density at radius 1 is 1.48 bits per heavy atom. The number of amides is 1. The van der Waals surface area contributed by atoms with Gasteiger partial charge in [0.1, 0.15) is 11.6 Å². The second-order valence-electron chi connectivity index (χ2n) is 5.00. The van der Waals surface area contributed by atoms with Gasteiger partial charge < -0.3 is 5.32 Å². The molecule has 1 amide bonds. The van der Waals surface area contributed by atoms with E-state index in [1.165, 1.54) is 6.08 Å². The maximum Gasteiger partial charge on any atom is 0.262 e. The SMILES string of the molecule is C[C@@H](NC(=O)/C(C#N)=C/c1cnn(CCCl)c1)c1ccccc1. The molecule has 1 atom stereocenters. The van der Waals surface area contributed by atoms with Gasteiger partial charge in [-0.2, -0.15) is 10.4 Å². The largest absolute Gasteiger partial charge is 0.345 e. The van der Waals surface area contributed by atoms with Gasteiger partial charge in [0, 0.05) is 17.6 Å². The molecule has 0 saturated heterocycles. The third kappa shape index (κ3) is 4.70. The maximum atomic E-state index is 12.2. The number of carbonyl (C=O) groups is 1. The van der Waals surface area contributed by atoms with Gasteiger partial charge in [0.15, 0.2) is 0 Å². The summed E-state index contributed by atoms with van der Waals surface area (Å²) in [6, 6.07) is 11.3. The number of aryl methyl sites for hydroxylation is 1. The molecule has 6 heteroatoms. The smallest absolute Gasteiger partial charge is 0.262 e. The van der Waals surface area contributed by atoms with Gasteiger partial charge in [-0.3, -0.25) is 9.48 Å². The van der Waals surface area contributed by atoms with Crippen LogP contribution in [0, 0.1) is 11.3 Å². The van der Waals surface area contributed by atoms with Crippen LogP contribution in [0.15, 0.2) is 48.3 Å². The predicted octanol–water partition coefficient (Wildman–Crippen LogP) is 2.91. The number of alkyl halides is 1. The first kappa shape index (κ1) is 16.8. The molecule has 2 aromatic rings. The van der Waals surface area contributed by atoms with Gasteiger partial charge >= 0.3 is 0 Å². The zero-order valence-corrected chi connectivity index (χ0v) is 13.5. The standard InChI is InChI=1S/C17H17ClN4O/c1-13(15-5-3-2-4-6-15)21-17(23)16(10-19)9-14-11-20-22(12-14)8-7-18/h2-6,9,11-13H,7-8H2,1H3,(H,21,23)/b16-9+/t13-/m1/s1. The van der Waals surface area contributed by atoms with Gasteiger partial charge in [-0.1, -0.05) is 30.3 Å². The van der Waals surface area contributed by atoms with E-state index >= 15 is 0 Å². The van der Waals surface area contributed by atoms with Crippen LogP contribution in [-0.2, 0) is 11.3 Å². The Labute approximate surface area is 140 Å². The van der Waals surface area contributed by atoms with Crippen molar-refractivity contribution < 1.29 is 4.79 Å². The zero-order valence-electron chi connectivity index (χ0n) is 12.7. The third-order valence-corrected chi connectivity index (χ3v) is 3.46. The van der Waals surface area contributed by atoms with Crippen molar-refractivity contribution in [2.75, 3.05) is 5.88 Å². The topological polar surface area (TPSA) is 70.7 Å². The molecule has 0 fully saturated rings. The summed E-state index contributed by atoms with van der Waals surface area (Å²) in [7, 11) is 0. The minimum Gasteiger partial charge on any atom is -0.345 e. The highest BCUT2D eigenvalue weighted by Crippen LogP contribution is 2.13. The molecule has 0 bridgehead atoms. The highest BCUT2D eigenvalue weighted by Gasteiger charge is 2.14. The third-order valence-electron chi connectivity index (χ3n) is 3.29. The van der Waals surface area contributed by atoms with Gasteiger partial charge in [0.25, 0.3) is 5.91 Å². The van der Waals surface area contributed by atoms with Crippen molar-refractivity contribution in [1.82, 2.24) is 15.1 Å². The van der Waals surface area contributed by atoms with E-state index in [4.69, 9.17) is 11.6 Å². The molecule has 0 aliphatic heterocycles. The molecule has 0 unspecified atom stereocenters. The van der Waals surface area contributed by atoms with E-state index in [9.17, 15) is 10.1 Å². The van der Waals surface area contributed by atoms with Crippen LogP contribution in [0.2, 0.25) is 0 Å². The molecule has 1 aromatic heterocycles. The van der Waals surface area contributed by atoms with Gasteiger partial charge in [-0.25, -0.2) is 0 Å². The number of carbonyl (C=O) groups excluding carboxylic acids is 1. The first-order valence-corrected chi connectivity index (χ1v) is 7.73. The summed E-state index contributed by atoms with van der Waals surface area (Å²) in [4.78, 5) is 12.2. The predicted molar refractivity (Wildman–Crippen MR) is 89.5 cm³/mol. The first-order chi connectivity index (χ1) is 11.1. The average molecular weight is 329 g/mol. The molecular formula is C17H17ClN4O. The van der Waals surface area contributed by atoms with E-state index in [-0.39, 0.29) is 11.6 Å². The Balaban J connectivity index is 2.09. The Morgan fingerprint density at radius 2 is 2.22 bits per heavy atom. The fraction of sp³-hybridized carbons (Fsp3) is 0.235. The number of rotatable bonds is 6. The molecule has 2 rings (SSSR count). The van der Waals surface area contributed by atoms with Gasteiger partial charge in [-0.15, -0.1) is 11.6 Å². The van der Waals surface area contributed by atoms with E-state index in [1.54, 1.807) is 17.1 Å². The molecule has 118 valence electrons. The number of hydrogen-bond acceptors (Lipinski definition) is 3. The molecule has 0 spiro atoms. The van der Waals surface area contributed by atoms with Crippen molar-refractivity contribution in [2.24, 2.45) is 0 Å². The second kappa shape index (κ2) is 8.16. The summed E-state index contributed by atoms with van der Waals surface area (Å²) in [6.07, 6.45) is 4.86. The Hall–Kier alpha value is -2.58. The minimum absolute atomic E-state index is 0.0400. The van der Waals surface area contributed by atoms with Gasteiger partial charge in [-0.05, 0) is 18.6 Å². The average Bonchev–Trinajstić information content (AvgIpc) is 3.01. The molecule has 0 radical (unpaired) electrons. The Kier molecular flexibility index (Phi) is 5.95. The lowest BCUT2D eigenvalue weighted by atomic mass is 10.1. The normalized spacial score (nSPS) is 12.5. The summed E-state index contributed by atoms with van der Waals surface area (Å²) < 4.78 is 1.67. The van der Waals surface area contributed by atoms with Gasteiger partial charge in [0.2, 0.25) is 0 Å². The van der Waals surface area contributed by atoms with Crippen molar-refractivity contribution in [2.45, 2.75) is 19.5 Å². The molecule has 23 heavy (non-hydrogen) atoms. The number of benzene rings is 1. The highest BCUT2D eigenvalue weighted by molar-refractivity contribution is 6.17. The molecule has 0 aliphatic rings. The number of nitrogens with zero attached hydrogens (tertiary/aromatic N) is 3. The lowest BCUT2D eigenvalue weighted by Crippen LogP contribution is -2.27. The highest BCUT2D eigenvalue weighted by atomic mass is 35.5. The van der Waals surface area contributed by atoms with Crippen molar-refractivity contribution in [3.05, 3.63) is 59.4 Å². The summed E-state index contributed by atoms with van der Waals surface area (Å²) in [5.41, 5.74) is 1.71. The zero-order chi connectivity index (χ0) is 16.7. The number of aromatic nitrogens is 2. The molecule has 5 nitrogen and oxygen atoms in total. The van der Waals surface area contributed by atoms with Crippen molar-refractivity contribution >= 4 is 23.6 Å². The number of hydrogen-bond donors (Lipinski definition) is 1. The fourth-order valence-corrected chi connectivity index (χ4v) is 2.25. The van der Waals surface area contributed by atoms with E-state index in [0.29, 0.717) is 18.0 Å². The van der Waals surface area contributed by atoms with Crippen LogP contribution in [0.1, 0.15) is 24.1 Å². The van der Waals surface area contributed by atoms with Crippen LogP contribution in [0.25, 0.3) is 6.08 Å². The van der Waals surface area contributed by atoms with Crippen molar-refractivity contribution in [3.8, 4) is 6.07 Å². The Bertz CT molecular complexity index is 731. The molecule has 1 N–H and O–H groups in total.